The summed E-state index contributed by atoms with van der Waals surface area (Å²) in [5.41, 5.74) is -0.562. The first kappa shape index (κ1) is 11.2. The van der Waals surface area contributed by atoms with E-state index in [1.54, 1.807) is 25.3 Å². The molecule has 2 heterocycles. The van der Waals surface area contributed by atoms with E-state index in [1.165, 1.54) is 12.3 Å². The fourth-order valence-corrected chi connectivity index (χ4v) is 1.35. The maximum absolute atomic E-state index is 11.4. The van der Waals surface area contributed by atoms with Gasteiger partial charge in [-0.05, 0) is 19.1 Å². The van der Waals surface area contributed by atoms with Crippen LogP contribution in [0.15, 0.2) is 43.1 Å². The molecule has 0 aromatic carbocycles. The zero-order chi connectivity index (χ0) is 12.3. The third-order valence-corrected chi connectivity index (χ3v) is 2.14. The normalized spacial score (nSPS) is 11.1. The Kier molecular flexibility index (Phi) is 3.09. The van der Waals surface area contributed by atoms with E-state index in [9.17, 15) is 9.90 Å². The lowest BCUT2D eigenvalue weighted by molar-refractivity contribution is 0.433. The highest BCUT2D eigenvalue weighted by Gasteiger charge is 2.06. The summed E-state index contributed by atoms with van der Waals surface area (Å²) >= 11 is 0. The van der Waals surface area contributed by atoms with E-state index in [2.05, 4.69) is 4.99 Å². The van der Waals surface area contributed by atoms with Crippen LogP contribution in [0.1, 0.15) is 17.1 Å². The molecule has 2 aromatic rings. The molecule has 0 saturated carbocycles. The van der Waals surface area contributed by atoms with Crippen molar-refractivity contribution in [1.82, 2.24) is 0 Å². The number of furan rings is 1. The van der Waals surface area contributed by atoms with Gasteiger partial charge in [0.1, 0.15) is 22.8 Å². The topological polar surface area (TPSA) is 75.9 Å². The van der Waals surface area contributed by atoms with E-state index >= 15 is 0 Å². The average molecular weight is 233 g/mol. The van der Waals surface area contributed by atoms with Crippen molar-refractivity contribution < 1.29 is 13.9 Å². The second-order valence-electron chi connectivity index (χ2n) is 3.49. The van der Waals surface area contributed by atoms with Gasteiger partial charge in [-0.3, -0.25) is 4.99 Å². The molecular formula is C12H11NO4. The molecule has 0 bridgehead atoms. The Labute approximate surface area is 97.0 Å². The fourth-order valence-electron chi connectivity index (χ4n) is 1.35. The number of nitrogens with zero attached hydrogens (tertiary/aromatic N) is 1. The number of aliphatic imine (C=N–C) groups is 1. The first-order valence-electron chi connectivity index (χ1n) is 5.03. The summed E-state index contributed by atoms with van der Waals surface area (Å²) in [6.07, 6.45) is 2.83. The Morgan fingerprint density at radius 2 is 2.35 bits per heavy atom. The zero-order valence-corrected chi connectivity index (χ0v) is 9.21. The summed E-state index contributed by atoms with van der Waals surface area (Å²) < 4.78 is 9.92. The van der Waals surface area contributed by atoms with Crippen LogP contribution in [0.3, 0.4) is 0 Å². The van der Waals surface area contributed by atoms with E-state index in [0.717, 1.165) is 0 Å². The summed E-state index contributed by atoms with van der Waals surface area (Å²) in [4.78, 5) is 15.4. The molecule has 5 heteroatoms. The van der Waals surface area contributed by atoms with Crippen LogP contribution in [0, 0.1) is 6.92 Å². The SMILES string of the molecule is Cc1cc(O)c(C=NCc2ccco2)c(=O)o1. The Morgan fingerprint density at radius 3 is 3.00 bits per heavy atom. The average Bonchev–Trinajstić information content (AvgIpc) is 2.74. The fraction of sp³-hybridized carbons (Fsp3) is 0.167. The molecule has 0 spiro atoms. The molecule has 0 aliphatic heterocycles. The monoisotopic (exact) mass is 233 g/mol. The molecule has 2 aromatic heterocycles. The minimum atomic E-state index is -0.606. The van der Waals surface area contributed by atoms with Crippen molar-refractivity contribution in [2.24, 2.45) is 4.99 Å². The van der Waals surface area contributed by atoms with Crippen molar-refractivity contribution in [3.8, 4) is 5.75 Å². The molecule has 17 heavy (non-hydrogen) atoms. The van der Waals surface area contributed by atoms with Crippen LogP contribution in [-0.4, -0.2) is 11.3 Å². The lowest BCUT2D eigenvalue weighted by Gasteiger charge is -1.97. The molecule has 0 unspecified atom stereocenters. The first-order valence-corrected chi connectivity index (χ1v) is 5.03. The molecule has 0 fully saturated rings. The molecule has 0 saturated heterocycles. The van der Waals surface area contributed by atoms with Crippen LogP contribution in [-0.2, 0) is 6.54 Å². The second-order valence-corrected chi connectivity index (χ2v) is 3.49. The van der Waals surface area contributed by atoms with Crippen LogP contribution in [0.25, 0.3) is 0 Å². The van der Waals surface area contributed by atoms with Crippen molar-refractivity contribution in [2.75, 3.05) is 0 Å². The highest BCUT2D eigenvalue weighted by atomic mass is 16.4. The van der Waals surface area contributed by atoms with Gasteiger partial charge in [0, 0.05) is 12.3 Å². The third-order valence-electron chi connectivity index (χ3n) is 2.14. The minimum absolute atomic E-state index is 0.0437. The van der Waals surface area contributed by atoms with Gasteiger partial charge in [-0.15, -0.1) is 0 Å². The van der Waals surface area contributed by atoms with E-state index in [-0.39, 0.29) is 11.3 Å². The summed E-state index contributed by atoms with van der Waals surface area (Å²) in [6.45, 7) is 1.89. The summed E-state index contributed by atoms with van der Waals surface area (Å²) in [7, 11) is 0. The molecule has 1 N–H and O–H groups in total. The Hall–Kier alpha value is -2.30. The van der Waals surface area contributed by atoms with Crippen molar-refractivity contribution >= 4 is 6.21 Å². The number of rotatable bonds is 3. The maximum atomic E-state index is 11.4. The van der Waals surface area contributed by atoms with Crippen molar-refractivity contribution in [2.45, 2.75) is 13.5 Å². The number of aromatic hydroxyl groups is 1. The molecule has 0 aliphatic rings. The molecule has 5 nitrogen and oxygen atoms in total. The number of hydrogen-bond donors (Lipinski definition) is 1. The van der Waals surface area contributed by atoms with Crippen molar-refractivity contribution in [3.63, 3.8) is 0 Å². The molecule has 0 aliphatic carbocycles. The van der Waals surface area contributed by atoms with Crippen LogP contribution in [0.5, 0.6) is 5.75 Å². The van der Waals surface area contributed by atoms with E-state index in [1.807, 2.05) is 0 Å². The van der Waals surface area contributed by atoms with Gasteiger partial charge in [0.15, 0.2) is 0 Å². The van der Waals surface area contributed by atoms with Gasteiger partial charge in [-0.2, -0.15) is 0 Å². The Balaban J connectivity index is 2.19. The molecule has 0 radical (unpaired) electrons. The third kappa shape index (κ3) is 2.63. The van der Waals surface area contributed by atoms with Crippen molar-refractivity contribution in [1.29, 1.82) is 0 Å². The van der Waals surface area contributed by atoms with Gasteiger partial charge in [-0.25, -0.2) is 4.79 Å². The smallest absolute Gasteiger partial charge is 0.348 e. The number of aryl methyl sites for hydroxylation is 1. The predicted octanol–water partition coefficient (Wildman–Crippen LogP) is 1.87. The Bertz CT molecular complexity index is 581. The molecule has 0 amide bonds. The molecule has 2 rings (SSSR count). The first-order chi connectivity index (χ1) is 8.16. The summed E-state index contributed by atoms with van der Waals surface area (Å²) in [5.74, 6) is 0.898. The molecule has 88 valence electrons. The van der Waals surface area contributed by atoms with Crippen molar-refractivity contribution in [3.05, 3.63) is 52.0 Å². The van der Waals surface area contributed by atoms with E-state index < -0.39 is 5.63 Å². The van der Waals surface area contributed by atoms with E-state index in [4.69, 9.17) is 8.83 Å². The predicted molar refractivity (Wildman–Crippen MR) is 61.4 cm³/mol. The number of hydrogen-bond acceptors (Lipinski definition) is 5. The van der Waals surface area contributed by atoms with Crippen LogP contribution >= 0.6 is 0 Å². The minimum Gasteiger partial charge on any atom is -0.507 e. The standard InChI is InChI=1S/C12H11NO4/c1-8-5-11(14)10(12(15)17-8)7-13-6-9-3-2-4-16-9/h2-5,7,14H,6H2,1H3. The summed E-state index contributed by atoms with van der Waals surface area (Å²) in [6, 6.07) is 4.90. The van der Waals surface area contributed by atoms with Gasteiger partial charge in [-0.1, -0.05) is 0 Å². The molecule has 0 atom stereocenters. The summed E-state index contributed by atoms with van der Waals surface area (Å²) in [5, 5.41) is 9.55. The second kappa shape index (κ2) is 4.69. The van der Waals surface area contributed by atoms with Gasteiger partial charge < -0.3 is 13.9 Å². The highest BCUT2D eigenvalue weighted by Crippen LogP contribution is 2.12. The van der Waals surface area contributed by atoms with Crippen LogP contribution < -0.4 is 5.63 Å². The van der Waals surface area contributed by atoms with Crippen LogP contribution in [0.2, 0.25) is 0 Å². The quantitative estimate of drug-likeness (QED) is 0.821. The van der Waals surface area contributed by atoms with Gasteiger partial charge in [0.05, 0.1) is 12.8 Å². The van der Waals surface area contributed by atoms with Crippen LogP contribution in [0.4, 0.5) is 0 Å². The van der Waals surface area contributed by atoms with E-state index in [0.29, 0.717) is 18.1 Å². The van der Waals surface area contributed by atoms with Gasteiger partial charge in [0.2, 0.25) is 0 Å². The largest absolute Gasteiger partial charge is 0.507 e. The van der Waals surface area contributed by atoms with Gasteiger partial charge in [0.25, 0.3) is 0 Å². The lowest BCUT2D eigenvalue weighted by atomic mass is 10.2. The zero-order valence-electron chi connectivity index (χ0n) is 9.21. The highest BCUT2D eigenvalue weighted by molar-refractivity contribution is 5.82. The maximum Gasteiger partial charge on any atom is 0.348 e. The molecular weight excluding hydrogens is 222 g/mol. The lowest BCUT2D eigenvalue weighted by Crippen LogP contribution is -2.07. The van der Waals surface area contributed by atoms with Gasteiger partial charge >= 0.3 is 5.63 Å². The Morgan fingerprint density at radius 1 is 1.53 bits per heavy atom.